The third-order valence-electron chi connectivity index (χ3n) is 4.63. The first-order valence-electron chi connectivity index (χ1n) is 9.21. The van der Waals surface area contributed by atoms with Gasteiger partial charge in [0, 0.05) is 0 Å². The minimum absolute atomic E-state index is 0.0927. The Bertz CT molecular complexity index is 867. The average molecular weight is 412 g/mol. The van der Waals surface area contributed by atoms with Gasteiger partial charge in [0.05, 0.1) is 11.0 Å². The van der Waals surface area contributed by atoms with Crippen molar-refractivity contribution in [3.05, 3.63) is 81.9 Å². The van der Waals surface area contributed by atoms with Crippen LogP contribution in [-0.4, -0.2) is 40.3 Å². The van der Waals surface area contributed by atoms with E-state index in [4.69, 9.17) is 17.2 Å². The Hall–Kier alpha value is -3.63. The number of hydrazone groups is 1. The van der Waals surface area contributed by atoms with Crippen LogP contribution in [0.5, 0.6) is 0 Å². The molecule has 0 spiro atoms. The average Bonchev–Trinajstić information content (AvgIpc) is 2.73. The highest BCUT2D eigenvalue weighted by atomic mass is 16.7. The van der Waals surface area contributed by atoms with Crippen LogP contribution in [0.15, 0.2) is 65.8 Å². The maximum Gasteiger partial charge on any atom is 0.258 e. The first-order valence-corrected chi connectivity index (χ1v) is 9.21. The number of primary amides is 1. The molecule has 10 nitrogen and oxygen atoms in total. The number of rotatable bonds is 10. The van der Waals surface area contributed by atoms with Gasteiger partial charge >= 0.3 is 0 Å². The third-order valence-corrected chi connectivity index (χ3v) is 4.63. The van der Waals surface area contributed by atoms with Gasteiger partial charge < -0.3 is 17.2 Å². The van der Waals surface area contributed by atoms with E-state index in [1.807, 2.05) is 0 Å². The summed E-state index contributed by atoms with van der Waals surface area (Å²) in [5, 5.41) is 12.9. The zero-order valence-corrected chi connectivity index (χ0v) is 16.3. The molecular formula is C20H24N6O4. The van der Waals surface area contributed by atoms with Crippen molar-refractivity contribution in [3.8, 4) is 0 Å². The fourth-order valence-electron chi connectivity index (χ4n) is 3.09. The number of carbonyl (C=O) groups is 2. The number of nitrogens with zero attached hydrogens (tertiary/aromatic N) is 3. The molecule has 0 radical (unpaired) electrons. The Morgan fingerprint density at radius 2 is 1.60 bits per heavy atom. The predicted molar refractivity (Wildman–Crippen MR) is 111 cm³/mol. The first-order chi connectivity index (χ1) is 14.3. The summed E-state index contributed by atoms with van der Waals surface area (Å²) >= 11 is 0. The van der Waals surface area contributed by atoms with Gasteiger partial charge in [-0.25, -0.2) is 10.1 Å². The van der Waals surface area contributed by atoms with Crippen LogP contribution in [-0.2, 0) is 9.59 Å². The second kappa shape index (κ2) is 10.2. The van der Waals surface area contributed by atoms with Gasteiger partial charge in [0.2, 0.25) is 5.91 Å². The van der Waals surface area contributed by atoms with Gasteiger partial charge in [-0.15, -0.1) is 0 Å². The topological polar surface area (TPSA) is 171 Å². The Morgan fingerprint density at radius 1 is 1.10 bits per heavy atom. The van der Waals surface area contributed by atoms with Crippen molar-refractivity contribution < 1.29 is 14.6 Å². The molecule has 0 aromatic heterocycles. The summed E-state index contributed by atoms with van der Waals surface area (Å²) in [6.45, 7) is 0.182. The van der Waals surface area contributed by atoms with Gasteiger partial charge in [-0.1, -0.05) is 60.7 Å². The van der Waals surface area contributed by atoms with E-state index in [2.05, 4.69) is 5.10 Å². The van der Waals surface area contributed by atoms with E-state index in [9.17, 15) is 19.7 Å². The molecule has 0 heterocycles. The van der Waals surface area contributed by atoms with Crippen molar-refractivity contribution >= 4 is 18.2 Å². The van der Waals surface area contributed by atoms with Gasteiger partial charge in [-0.3, -0.25) is 14.5 Å². The lowest BCUT2D eigenvalue weighted by molar-refractivity contribution is -0.484. The summed E-state index contributed by atoms with van der Waals surface area (Å²) in [4.78, 5) is 37.5. The number of benzene rings is 2. The van der Waals surface area contributed by atoms with Crippen molar-refractivity contribution in [2.45, 2.75) is 24.4 Å². The molecule has 6 N–H and O–H groups in total. The van der Waals surface area contributed by atoms with Crippen molar-refractivity contribution in [2.75, 3.05) is 6.54 Å². The maximum atomic E-state index is 13.7. The summed E-state index contributed by atoms with van der Waals surface area (Å²) in [5.74, 6) is -2.61. The third kappa shape index (κ3) is 5.25. The summed E-state index contributed by atoms with van der Waals surface area (Å²) < 4.78 is 0. The molecule has 0 fully saturated rings. The Labute approximate surface area is 173 Å². The van der Waals surface area contributed by atoms with Crippen LogP contribution in [0.25, 0.3) is 0 Å². The maximum absolute atomic E-state index is 13.7. The van der Waals surface area contributed by atoms with Crippen molar-refractivity contribution in [3.63, 3.8) is 0 Å². The van der Waals surface area contributed by atoms with E-state index in [1.54, 1.807) is 60.7 Å². The lowest BCUT2D eigenvalue weighted by Crippen LogP contribution is -2.66. The number of amides is 2. The summed E-state index contributed by atoms with van der Waals surface area (Å²) in [5.41, 5.74) is 16.4. The molecule has 2 rings (SSSR count). The molecular weight excluding hydrogens is 388 g/mol. The summed E-state index contributed by atoms with van der Waals surface area (Å²) in [6.07, 6.45) is 0.809. The molecule has 10 heteroatoms. The molecule has 0 aliphatic carbocycles. The van der Waals surface area contributed by atoms with E-state index >= 15 is 0 Å². The zero-order chi connectivity index (χ0) is 22.1. The molecule has 158 valence electrons. The molecule has 0 aliphatic heterocycles. The summed E-state index contributed by atoms with van der Waals surface area (Å²) in [6, 6.07) is 17.6. The molecule has 0 unspecified atom stereocenters. The normalized spacial score (nSPS) is 13.2. The minimum atomic E-state index is -2.04. The first kappa shape index (κ1) is 22.7. The van der Waals surface area contributed by atoms with E-state index < -0.39 is 28.4 Å². The van der Waals surface area contributed by atoms with Crippen LogP contribution in [0.4, 0.5) is 0 Å². The van der Waals surface area contributed by atoms with Crippen molar-refractivity contribution in [2.24, 2.45) is 22.3 Å². The van der Waals surface area contributed by atoms with Crippen LogP contribution in [0.2, 0.25) is 0 Å². The van der Waals surface area contributed by atoms with Gasteiger partial charge in [0.1, 0.15) is 0 Å². The largest absolute Gasteiger partial charge is 0.366 e. The fourth-order valence-corrected chi connectivity index (χ4v) is 3.09. The van der Waals surface area contributed by atoms with E-state index in [-0.39, 0.29) is 19.4 Å². The fraction of sp³-hybridized carbons (Fsp3) is 0.250. The molecule has 0 bridgehead atoms. The van der Waals surface area contributed by atoms with Gasteiger partial charge in [0.15, 0.2) is 17.0 Å². The number of nitro groups is 1. The highest BCUT2D eigenvalue weighted by Gasteiger charge is 2.44. The molecule has 2 aromatic carbocycles. The van der Waals surface area contributed by atoms with E-state index in [0.29, 0.717) is 17.5 Å². The van der Waals surface area contributed by atoms with Crippen molar-refractivity contribution in [1.29, 1.82) is 0 Å². The molecule has 0 saturated carbocycles. The van der Waals surface area contributed by atoms with E-state index in [1.165, 1.54) is 0 Å². The van der Waals surface area contributed by atoms with Crippen LogP contribution in [0, 0.1) is 10.1 Å². The van der Waals surface area contributed by atoms with Gasteiger partial charge in [-0.05, 0) is 30.5 Å². The Kier molecular flexibility index (Phi) is 7.73. The minimum Gasteiger partial charge on any atom is -0.366 e. The Balaban J connectivity index is 2.62. The van der Waals surface area contributed by atoms with Crippen LogP contribution in [0.3, 0.4) is 0 Å². The number of carbonyl (C=O) groups excluding carboxylic acids is 2. The lowest BCUT2D eigenvalue weighted by atomic mass is 9.88. The van der Waals surface area contributed by atoms with Gasteiger partial charge in [0.25, 0.3) is 5.91 Å². The predicted octanol–water partition coefficient (Wildman–Crippen LogP) is 0.746. The Morgan fingerprint density at radius 3 is 2.00 bits per heavy atom. The smallest absolute Gasteiger partial charge is 0.258 e. The molecule has 2 amide bonds. The van der Waals surface area contributed by atoms with Crippen LogP contribution >= 0.6 is 0 Å². The standard InChI is InChI=1S/C20H24N6O4/c21-13-7-12-20(23,19(22)28)25(14-24-26(29)30)18(27)17(15-8-3-1-4-9-15)16-10-5-2-6-11-16/h1-6,8-11,14,17H,7,12-13,21,23H2,(H2,22,28)/t20-/m0/s1. The SMILES string of the molecule is NCCC[C@@](N)(C(N)=O)N(C=N[N+](=O)[O-])C(=O)C(c1ccccc1)c1ccccc1. The molecule has 2 aromatic rings. The monoisotopic (exact) mass is 412 g/mol. The van der Waals surface area contributed by atoms with E-state index in [0.717, 1.165) is 4.90 Å². The summed E-state index contributed by atoms with van der Waals surface area (Å²) in [7, 11) is 0. The molecule has 0 saturated heterocycles. The quantitative estimate of drug-likeness (QED) is 0.171. The number of nitrogens with two attached hydrogens (primary N) is 3. The molecule has 1 atom stereocenters. The van der Waals surface area contributed by atoms with Gasteiger partial charge in [-0.2, -0.15) is 0 Å². The highest BCUT2D eigenvalue weighted by Crippen LogP contribution is 2.29. The number of hydrogen-bond acceptors (Lipinski definition) is 6. The zero-order valence-electron chi connectivity index (χ0n) is 16.3. The van der Waals surface area contributed by atoms with Crippen LogP contribution < -0.4 is 17.2 Å². The van der Waals surface area contributed by atoms with Crippen molar-refractivity contribution in [1.82, 2.24) is 4.90 Å². The lowest BCUT2D eigenvalue weighted by Gasteiger charge is -2.37. The number of hydrogen-bond donors (Lipinski definition) is 3. The molecule has 0 aliphatic rings. The second-order valence-electron chi connectivity index (χ2n) is 6.61. The highest BCUT2D eigenvalue weighted by molar-refractivity contribution is 6.00. The second-order valence-corrected chi connectivity index (χ2v) is 6.61. The van der Waals surface area contributed by atoms with Crippen LogP contribution in [0.1, 0.15) is 29.9 Å². The molecule has 30 heavy (non-hydrogen) atoms.